The van der Waals surface area contributed by atoms with Crippen LogP contribution in [0.15, 0.2) is 64.4 Å². The fraction of sp³-hybridized carbons (Fsp3) is 0.143. The van der Waals surface area contributed by atoms with Gasteiger partial charge in [0, 0.05) is 32.2 Å². The molecular formula is C14H9F6NO5S2. The lowest BCUT2D eigenvalue weighted by Gasteiger charge is -2.39. The predicted molar refractivity (Wildman–Crippen MR) is 85.8 cm³/mol. The number of nitro groups is 1. The second kappa shape index (κ2) is 7.25. The SMILES string of the molecule is O=[N+]([O-])c1cccc(S(OS(=O)(=O)C(F)(F)F)(c2ccccc2)C(F)(F)F)c1. The molecule has 0 saturated heterocycles. The first-order chi connectivity index (χ1) is 12.7. The van der Waals surface area contributed by atoms with E-state index in [4.69, 9.17) is 0 Å². The predicted octanol–water partition coefficient (Wildman–Crippen LogP) is 5.12. The molecule has 0 aliphatic heterocycles. The number of rotatable bonds is 5. The standard InChI is InChI=1S/C14H9F6NO5S2/c15-13(16,17)27(11-6-2-1-3-7-11,26-28(24,25)14(18,19)20)12-8-4-5-10(9-12)21(22)23/h1-9H. The lowest BCUT2D eigenvalue weighted by Crippen LogP contribution is -2.32. The molecule has 2 rings (SSSR count). The Hall–Kier alpha value is -2.32. The Balaban J connectivity index is 2.91. The molecule has 0 spiro atoms. The van der Waals surface area contributed by atoms with E-state index in [1.807, 2.05) is 0 Å². The zero-order valence-corrected chi connectivity index (χ0v) is 14.9. The van der Waals surface area contributed by atoms with E-state index in [0.717, 1.165) is 36.4 Å². The van der Waals surface area contributed by atoms with Crippen LogP contribution in [0.1, 0.15) is 0 Å². The minimum atomic E-state index is -6.72. The van der Waals surface area contributed by atoms with Crippen LogP contribution in [0, 0.1) is 10.1 Å². The van der Waals surface area contributed by atoms with Crippen LogP contribution in [-0.2, 0) is 13.7 Å². The molecule has 154 valence electrons. The highest BCUT2D eigenvalue weighted by Gasteiger charge is 2.61. The van der Waals surface area contributed by atoms with Gasteiger partial charge in [0.15, 0.2) is 0 Å². The minimum absolute atomic E-state index is 0.335. The third-order valence-electron chi connectivity index (χ3n) is 3.24. The van der Waals surface area contributed by atoms with Gasteiger partial charge in [0.25, 0.3) is 5.69 Å². The number of nitrogens with zero attached hydrogens (tertiary/aromatic N) is 1. The average Bonchev–Trinajstić information content (AvgIpc) is 2.58. The van der Waals surface area contributed by atoms with Crippen molar-refractivity contribution in [2.24, 2.45) is 0 Å². The first-order valence-electron chi connectivity index (χ1n) is 6.94. The monoisotopic (exact) mass is 449 g/mol. The summed E-state index contributed by atoms with van der Waals surface area (Å²) in [5.41, 5.74) is -12.7. The van der Waals surface area contributed by atoms with Gasteiger partial charge < -0.3 is 0 Å². The molecule has 0 amide bonds. The molecule has 0 aromatic heterocycles. The highest BCUT2D eigenvalue weighted by Crippen LogP contribution is 2.74. The Morgan fingerprint density at radius 3 is 1.82 bits per heavy atom. The van der Waals surface area contributed by atoms with Crippen LogP contribution >= 0.6 is 10.3 Å². The number of hydrogen-bond donors (Lipinski definition) is 0. The topological polar surface area (TPSA) is 86.5 Å². The van der Waals surface area contributed by atoms with E-state index in [9.17, 15) is 44.9 Å². The molecule has 28 heavy (non-hydrogen) atoms. The van der Waals surface area contributed by atoms with E-state index in [-0.39, 0.29) is 0 Å². The lowest BCUT2D eigenvalue weighted by molar-refractivity contribution is -0.385. The van der Waals surface area contributed by atoms with E-state index in [1.165, 1.54) is 6.07 Å². The Bertz CT molecular complexity index is 978. The number of hydrogen-bond acceptors (Lipinski definition) is 5. The number of nitro benzene ring substituents is 1. The van der Waals surface area contributed by atoms with Crippen LogP contribution in [0.4, 0.5) is 32.0 Å². The molecule has 2 aromatic rings. The minimum Gasteiger partial charge on any atom is -0.258 e. The van der Waals surface area contributed by atoms with Crippen molar-refractivity contribution < 1.29 is 43.3 Å². The number of halogens is 6. The highest BCUT2D eigenvalue weighted by atomic mass is 32.3. The van der Waals surface area contributed by atoms with Crippen LogP contribution in [-0.4, -0.2) is 24.4 Å². The Morgan fingerprint density at radius 2 is 1.36 bits per heavy atom. The fourth-order valence-electron chi connectivity index (χ4n) is 2.08. The Labute approximate surface area is 155 Å². The van der Waals surface area contributed by atoms with E-state index < -0.39 is 51.8 Å². The molecule has 0 fully saturated rings. The smallest absolute Gasteiger partial charge is 0.258 e. The highest BCUT2D eigenvalue weighted by molar-refractivity contribution is 8.33. The molecule has 0 radical (unpaired) electrons. The first kappa shape index (κ1) is 22.0. The summed E-state index contributed by atoms with van der Waals surface area (Å²) in [4.78, 5) is 7.76. The summed E-state index contributed by atoms with van der Waals surface area (Å²) < 4.78 is 108. The Morgan fingerprint density at radius 1 is 0.821 bits per heavy atom. The molecular weight excluding hydrogens is 440 g/mol. The average molecular weight is 449 g/mol. The van der Waals surface area contributed by atoms with Gasteiger partial charge in [-0.15, -0.1) is 0 Å². The maximum atomic E-state index is 14.1. The van der Waals surface area contributed by atoms with Gasteiger partial charge in [0.1, 0.15) is 0 Å². The van der Waals surface area contributed by atoms with Crippen molar-refractivity contribution >= 4 is 26.1 Å². The summed E-state index contributed by atoms with van der Waals surface area (Å²) in [5.74, 6) is 0. The fourth-order valence-corrected chi connectivity index (χ4v) is 6.31. The van der Waals surface area contributed by atoms with E-state index in [2.05, 4.69) is 3.63 Å². The van der Waals surface area contributed by atoms with Crippen LogP contribution in [0.3, 0.4) is 0 Å². The number of benzene rings is 2. The van der Waals surface area contributed by atoms with Crippen molar-refractivity contribution in [2.45, 2.75) is 20.8 Å². The van der Waals surface area contributed by atoms with Crippen molar-refractivity contribution in [1.82, 2.24) is 0 Å². The molecule has 1 unspecified atom stereocenters. The molecule has 0 N–H and O–H groups in total. The molecule has 14 heteroatoms. The van der Waals surface area contributed by atoms with Crippen molar-refractivity contribution in [1.29, 1.82) is 0 Å². The van der Waals surface area contributed by atoms with Gasteiger partial charge in [-0.1, -0.05) is 24.3 Å². The number of alkyl halides is 6. The molecule has 6 nitrogen and oxygen atoms in total. The molecule has 0 bridgehead atoms. The third-order valence-corrected chi connectivity index (χ3v) is 7.84. The second-order valence-electron chi connectivity index (χ2n) is 5.04. The first-order valence-corrected chi connectivity index (χ1v) is 9.90. The van der Waals surface area contributed by atoms with Gasteiger partial charge in [0.2, 0.25) is 0 Å². The summed E-state index contributed by atoms with van der Waals surface area (Å²) in [7, 11) is -12.1. The van der Waals surface area contributed by atoms with E-state index in [0.29, 0.717) is 12.1 Å². The maximum absolute atomic E-state index is 14.1. The van der Waals surface area contributed by atoms with Gasteiger partial charge in [-0.3, -0.25) is 10.1 Å². The summed E-state index contributed by atoms with van der Waals surface area (Å²) >= 11 is 0. The van der Waals surface area contributed by atoms with Crippen LogP contribution in [0.2, 0.25) is 0 Å². The third kappa shape index (κ3) is 3.93. The summed E-state index contributed by atoms with van der Waals surface area (Å²) in [6.45, 7) is 0. The van der Waals surface area contributed by atoms with Crippen LogP contribution in [0.25, 0.3) is 0 Å². The van der Waals surface area contributed by atoms with Gasteiger partial charge in [-0.05, 0) is 18.2 Å². The van der Waals surface area contributed by atoms with Crippen molar-refractivity contribution in [3.8, 4) is 0 Å². The maximum Gasteiger partial charge on any atom is 0.523 e. The molecule has 1 atom stereocenters. The molecule has 0 aliphatic carbocycles. The molecule has 0 saturated carbocycles. The molecule has 2 aromatic carbocycles. The van der Waals surface area contributed by atoms with Crippen molar-refractivity contribution in [3.05, 3.63) is 64.7 Å². The van der Waals surface area contributed by atoms with Gasteiger partial charge in [0.05, 0.1) is 4.92 Å². The van der Waals surface area contributed by atoms with Crippen molar-refractivity contribution in [2.75, 3.05) is 0 Å². The Kier molecular flexibility index (Phi) is 5.69. The molecule has 0 aliphatic rings. The van der Waals surface area contributed by atoms with Gasteiger partial charge in [-0.2, -0.15) is 38.4 Å². The summed E-state index contributed by atoms with van der Waals surface area (Å²) in [6.07, 6.45) is 0. The zero-order chi connectivity index (χ0) is 21.4. The second-order valence-corrected chi connectivity index (χ2v) is 9.47. The molecule has 0 heterocycles. The summed E-state index contributed by atoms with van der Waals surface area (Å²) in [5, 5.41) is 10.9. The summed E-state index contributed by atoms with van der Waals surface area (Å²) in [6, 6.07) is 7.31. The zero-order valence-electron chi connectivity index (χ0n) is 13.3. The van der Waals surface area contributed by atoms with E-state index >= 15 is 0 Å². The van der Waals surface area contributed by atoms with Crippen LogP contribution < -0.4 is 0 Å². The van der Waals surface area contributed by atoms with Gasteiger partial charge in [-0.25, -0.2) is 0 Å². The van der Waals surface area contributed by atoms with Gasteiger partial charge >= 0.3 is 21.1 Å². The number of non-ortho nitro benzene ring substituents is 1. The quantitative estimate of drug-likeness (QED) is 0.274. The van der Waals surface area contributed by atoms with Crippen LogP contribution in [0.5, 0.6) is 0 Å². The van der Waals surface area contributed by atoms with Crippen molar-refractivity contribution in [3.63, 3.8) is 0 Å². The lowest BCUT2D eigenvalue weighted by atomic mass is 10.3. The largest absolute Gasteiger partial charge is 0.523 e. The van der Waals surface area contributed by atoms with E-state index in [1.54, 1.807) is 0 Å². The normalized spacial score (nSPS) is 16.2.